The molecule has 0 aliphatic carbocycles. The van der Waals surface area contributed by atoms with Crippen molar-refractivity contribution in [2.45, 2.75) is 19.8 Å². The zero-order valence-corrected chi connectivity index (χ0v) is 7.15. The Labute approximate surface area is 71.6 Å². The third-order valence-electron chi connectivity index (χ3n) is 2.36. The van der Waals surface area contributed by atoms with E-state index in [1.807, 2.05) is 13.0 Å². The molecule has 64 valence electrons. The lowest BCUT2D eigenvalue weighted by atomic mass is 10.1. The van der Waals surface area contributed by atoms with Crippen LogP contribution in [-0.2, 0) is 12.8 Å². The van der Waals surface area contributed by atoms with Gasteiger partial charge in [-0.05, 0) is 36.1 Å². The third kappa shape index (κ3) is 1.07. The van der Waals surface area contributed by atoms with Gasteiger partial charge >= 0.3 is 0 Å². The Morgan fingerprint density at radius 1 is 1.50 bits per heavy atom. The second kappa shape index (κ2) is 2.77. The van der Waals surface area contributed by atoms with Crippen molar-refractivity contribution < 1.29 is 4.39 Å². The van der Waals surface area contributed by atoms with Gasteiger partial charge in [-0.25, -0.2) is 4.39 Å². The van der Waals surface area contributed by atoms with Gasteiger partial charge < -0.3 is 5.32 Å². The molecule has 0 spiro atoms. The van der Waals surface area contributed by atoms with Gasteiger partial charge in [-0.1, -0.05) is 6.92 Å². The monoisotopic (exact) mass is 165 g/mol. The molecular formula is C10H12FN. The summed E-state index contributed by atoms with van der Waals surface area (Å²) in [4.78, 5) is 0. The van der Waals surface area contributed by atoms with Crippen LogP contribution in [0.1, 0.15) is 18.1 Å². The predicted molar refractivity (Wildman–Crippen MR) is 48.0 cm³/mol. The van der Waals surface area contributed by atoms with Gasteiger partial charge in [0.1, 0.15) is 5.82 Å². The summed E-state index contributed by atoms with van der Waals surface area (Å²) in [5.74, 6) is -0.0556. The van der Waals surface area contributed by atoms with Crippen molar-refractivity contribution in [3.05, 3.63) is 29.1 Å². The fraction of sp³-hybridized carbons (Fsp3) is 0.400. The van der Waals surface area contributed by atoms with Crippen molar-refractivity contribution in [1.82, 2.24) is 0 Å². The maximum absolute atomic E-state index is 13.2. The molecular weight excluding hydrogens is 153 g/mol. The van der Waals surface area contributed by atoms with E-state index in [4.69, 9.17) is 0 Å². The summed E-state index contributed by atoms with van der Waals surface area (Å²) in [5, 5.41) is 3.24. The number of hydrogen-bond acceptors (Lipinski definition) is 1. The van der Waals surface area contributed by atoms with E-state index in [2.05, 4.69) is 5.32 Å². The van der Waals surface area contributed by atoms with Crippen LogP contribution in [0.4, 0.5) is 10.1 Å². The summed E-state index contributed by atoms with van der Waals surface area (Å²) in [5.41, 5.74) is 3.04. The van der Waals surface area contributed by atoms with Crippen molar-refractivity contribution in [2.24, 2.45) is 0 Å². The van der Waals surface area contributed by atoms with Crippen LogP contribution in [0.3, 0.4) is 0 Å². The Morgan fingerprint density at radius 3 is 3.08 bits per heavy atom. The number of hydrogen-bond donors (Lipinski definition) is 1. The summed E-state index contributed by atoms with van der Waals surface area (Å²) in [7, 11) is 0. The second-order valence-electron chi connectivity index (χ2n) is 3.13. The average Bonchev–Trinajstić information content (AvgIpc) is 2.49. The molecule has 1 heterocycles. The van der Waals surface area contributed by atoms with Crippen molar-refractivity contribution in [3.8, 4) is 0 Å². The van der Waals surface area contributed by atoms with Crippen LogP contribution in [0.25, 0.3) is 0 Å². The topological polar surface area (TPSA) is 12.0 Å². The minimum absolute atomic E-state index is 0.0556. The zero-order valence-electron chi connectivity index (χ0n) is 7.15. The van der Waals surface area contributed by atoms with Crippen molar-refractivity contribution >= 4 is 5.69 Å². The van der Waals surface area contributed by atoms with Gasteiger partial charge in [0, 0.05) is 12.2 Å². The van der Waals surface area contributed by atoms with Gasteiger partial charge in [0.25, 0.3) is 0 Å². The van der Waals surface area contributed by atoms with E-state index in [0.717, 1.165) is 36.2 Å². The van der Waals surface area contributed by atoms with E-state index in [-0.39, 0.29) is 5.82 Å². The summed E-state index contributed by atoms with van der Waals surface area (Å²) in [6.07, 6.45) is 1.72. The molecule has 0 radical (unpaired) electrons. The fourth-order valence-corrected chi connectivity index (χ4v) is 1.63. The van der Waals surface area contributed by atoms with Crippen molar-refractivity contribution in [3.63, 3.8) is 0 Å². The number of anilines is 1. The first kappa shape index (κ1) is 7.59. The van der Waals surface area contributed by atoms with Gasteiger partial charge in [-0.2, -0.15) is 0 Å². The third-order valence-corrected chi connectivity index (χ3v) is 2.36. The first-order valence-corrected chi connectivity index (χ1v) is 4.36. The van der Waals surface area contributed by atoms with Crippen LogP contribution < -0.4 is 5.32 Å². The SMILES string of the molecule is CCc1cc2c(cc1F)CCN2. The van der Waals surface area contributed by atoms with Crippen LogP contribution in [0.2, 0.25) is 0 Å². The summed E-state index contributed by atoms with van der Waals surface area (Å²) in [6.45, 7) is 2.92. The highest BCUT2D eigenvalue weighted by Gasteiger charge is 2.12. The summed E-state index contributed by atoms with van der Waals surface area (Å²) < 4.78 is 13.2. The Balaban J connectivity index is 2.49. The molecule has 2 heteroatoms. The van der Waals surface area contributed by atoms with Crippen molar-refractivity contribution in [1.29, 1.82) is 0 Å². The molecule has 0 saturated carbocycles. The summed E-state index contributed by atoms with van der Waals surface area (Å²) >= 11 is 0. The van der Waals surface area contributed by atoms with Crippen LogP contribution in [0, 0.1) is 5.82 Å². The molecule has 1 aromatic rings. The maximum atomic E-state index is 13.2. The molecule has 12 heavy (non-hydrogen) atoms. The largest absolute Gasteiger partial charge is 0.384 e. The van der Waals surface area contributed by atoms with Crippen molar-refractivity contribution in [2.75, 3.05) is 11.9 Å². The Hall–Kier alpha value is -1.05. The number of benzene rings is 1. The minimum Gasteiger partial charge on any atom is -0.384 e. The maximum Gasteiger partial charge on any atom is 0.126 e. The highest BCUT2D eigenvalue weighted by atomic mass is 19.1. The molecule has 0 atom stereocenters. The van der Waals surface area contributed by atoms with E-state index in [9.17, 15) is 4.39 Å². The smallest absolute Gasteiger partial charge is 0.126 e. The quantitative estimate of drug-likeness (QED) is 0.673. The van der Waals surface area contributed by atoms with Crippen LogP contribution >= 0.6 is 0 Å². The number of fused-ring (bicyclic) bond motifs is 1. The van der Waals surface area contributed by atoms with E-state index >= 15 is 0 Å². The number of nitrogens with one attached hydrogen (secondary N) is 1. The Bertz CT molecular complexity index is 306. The Morgan fingerprint density at radius 2 is 2.33 bits per heavy atom. The van der Waals surface area contributed by atoms with E-state index in [1.54, 1.807) is 6.07 Å². The van der Waals surface area contributed by atoms with Gasteiger partial charge in [0.05, 0.1) is 0 Å². The van der Waals surface area contributed by atoms with E-state index in [1.165, 1.54) is 0 Å². The zero-order chi connectivity index (χ0) is 8.55. The van der Waals surface area contributed by atoms with Crippen LogP contribution in [-0.4, -0.2) is 6.54 Å². The minimum atomic E-state index is -0.0556. The molecule has 0 amide bonds. The lowest BCUT2D eigenvalue weighted by Crippen LogP contribution is -1.92. The molecule has 0 bridgehead atoms. The Kier molecular flexibility index (Phi) is 1.75. The molecule has 0 aromatic heterocycles. The molecule has 1 aliphatic rings. The molecule has 1 nitrogen and oxygen atoms in total. The molecule has 0 fully saturated rings. The van der Waals surface area contributed by atoms with Gasteiger partial charge in [-0.3, -0.25) is 0 Å². The highest BCUT2D eigenvalue weighted by molar-refractivity contribution is 5.57. The molecule has 1 N–H and O–H groups in total. The summed E-state index contributed by atoms with van der Waals surface area (Å²) in [6, 6.07) is 3.59. The standard InChI is InChI=1S/C10H12FN/c1-2-7-6-10-8(3-4-12-10)5-9(7)11/h5-6,12H,2-4H2,1H3. The fourth-order valence-electron chi connectivity index (χ4n) is 1.63. The first-order chi connectivity index (χ1) is 5.81. The molecule has 2 rings (SSSR count). The van der Waals surface area contributed by atoms with Gasteiger partial charge in [0.2, 0.25) is 0 Å². The lowest BCUT2D eigenvalue weighted by Gasteiger charge is -2.04. The second-order valence-corrected chi connectivity index (χ2v) is 3.13. The molecule has 1 aliphatic heterocycles. The van der Waals surface area contributed by atoms with E-state index < -0.39 is 0 Å². The molecule has 1 aromatic carbocycles. The molecule has 0 saturated heterocycles. The van der Waals surface area contributed by atoms with E-state index in [0.29, 0.717) is 0 Å². The lowest BCUT2D eigenvalue weighted by molar-refractivity contribution is 0.611. The average molecular weight is 165 g/mol. The first-order valence-electron chi connectivity index (χ1n) is 4.36. The van der Waals surface area contributed by atoms with Crippen LogP contribution in [0.15, 0.2) is 12.1 Å². The molecule has 0 unspecified atom stereocenters. The number of aryl methyl sites for hydroxylation is 1. The van der Waals surface area contributed by atoms with Gasteiger partial charge in [0.15, 0.2) is 0 Å². The van der Waals surface area contributed by atoms with Crippen LogP contribution in [0.5, 0.6) is 0 Å². The highest BCUT2D eigenvalue weighted by Crippen LogP contribution is 2.25. The predicted octanol–water partition coefficient (Wildman–Crippen LogP) is 2.36. The number of rotatable bonds is 1. The number of halogens is 1. The normalized spacial score (nSPS) is 14.2. The van der Waals surface area contributed by atoms with Gasteiger partial charge in [-0.15, -0.1) is 0 Å².